The van der Waals surface area contributed by atoms with Gasteiger partial charge in [-0.05, 0) is 45.2 Å². The molecule has 0 aliphatic carbocycles. The average Bonchev–Trinajstić information content (AvgIpc) is 3.09. The summed E-state index contributed by atoms with van der Waals surface area (Å²) in [5.41, 5.74) is 3.09. The third-order valence-electron chi connectivity index (χ3n) is 5.77. The van der Waals surface area contributed by atoms with Crippen molar-refractivity contribution in [1.29, 1.82) is 0 Å². The van der Waals surface area contributed by atoms with Crippen molar-refractivity contribution in [2.75, 3.05) is 26.2 Å². The van der Waals surface area contributed by atoms with Crippen LogP contribution in [0.1, 0.15) is 42.6 Å². The number of amides is 1. The van der Waals surface area contributed by atoms with Crippen molar-refractivity contribution < 1.29 is 4.79 Å². The van der Waals surface area contributed by atoms with Gasteiger partial charge in [-0.25, -0.2) is 9.50 Å². The van der Waals surface area contributed by atoms with E-state index >= 15 is 0 Å². The molecule has 0 radical (unpaired) electrons. The second-order valence-electron chi connectivity index (χ2n) is 7.26. The molecule has 1 atom stereocenters. The monoisotopic (exact) mass is 342 g/mol. The molecule has 0 saturated carbocycles. The van der Waals surface area contributed by atoms with E-state index in [1.54, 1.807) is 4.52 Å². The fourth-order valence-corrected chi connectivity index (χ4v) is 4.29. The molecule has 0 N–H and O–H groups in total. The summed E-state index contributed by atoms with van der Waals surface area (Å²) in [5, 5.41) is 4.22. The van der Waals surface area contributed by atoms with E-state index in [0.29, 0.717) is 24.7 Å². The zero-order valence-electron chi connectivity index (χ0n) is 15.1. The van der Waals surface area contributed by atoms with E-state index in [1.165, 1.54) is 32.1 Å². The quantitative estimate of drug-likeness (QED) is 0.843. The van der Waals surface area contributed by atoms with Gasteiger partial charge in [-0.3, -0.25) is 9.69 Å². The van der Waals surface area contributed by atoms with Gasteiger partial charge in [-0.15, -0.1) is 0 Å². The number of aromatic nitrogens is 4. The van der Waals surface area contributed by atoms with Crippen LogP contribution < -0.4 is 0 Å². The maximum Gasteiger partial charge on any atom is 0.252 e. The highest BCUT2D eigenvalue weighted by atomic mass is 16.2. The average molecular weight is 342 g/mol. The van der Waals surface area contributed by atoms with Gasteiger partial charge >= 0.3 is 0 Å². The lowest BCUT2D eigenvalue weighted by Gasteiger charge is -2.44. The van der Waals surface area contributed by atoms with Crippen molar-refractivity contribution in [3.63, 3.8) is 0 Å². The summed E-state index contributed by atoms with van der Waals surface area (Å²) >= 11 is 0. The zero-order valence-corrected chi connectivity index (χ0v) is 15.1. The molecule has 2 aromatic rings. The molecule has 0 spiro atoms. The maximum atomic E-state index is 12.7. The van der Waals surface area contributed by atoms with Crippen LogP contribution in [0.3, 0.4) is 0 Å². The van der Waals surface area contributed by atoms with Crippen LogP contribution in [0.4, 0.5) is 0 Å². The molecule has 2 fully saturated rings. The third-order valence-corrected chi connectivity index (χ3v) is 5.77. The molecule has 25 heavy (non-hydrogen) atoms. The zero-order chi connectivity index (χ0) is 17.4. The summed E-state index contributed by atoms with van der Waals surface area (Å²) in [4.78, 5) is 26.0. The largest absolute Gasteiger partial charge is 0.340 e. The third kappa shape index (κ3) is 3.13. The Morgan fingerprint density at radius 2 is 2.12 bits per heavy atom. The number of carbonyl (C=O) groups is 1. The van der Waals surface area contributed by atoms with Gasteiger partial charge in [-0.1, -0.05) is 6.42 Å². The summed E-state index contributed by atoms with van der Waals surface area (Å²) in [7, 11) is 0. The summed E-state index contributed by atoms with van der Waals surface area (Å²) in [6.45, 7) is 8.01. The van der Waals surface area contributed by atoms with Gasteiger partial charge in [0.05, 0.1) is 0 Å². The minimum absolute atomic E-state index is 0.266. The number of rotatable bonds is 3. The second kappa shape index (κ2) is 6.71. The first-order valence-corrected chi connectivity index (χ1v) is 9.31. The van der Waals surface area contributed by atoms with E-state index in [2.05, 4.69) is 24.9 Å². The molecule has 2 aliphatic rings. The SMILES string of the molecule is Cc1nc2ncnn2c(C)c1CCC(=O)N1CCN2CCCCC2C1. The van der Waals surface area contributed by atoms with Crippen LogP contribution in [0, 0.1) is 13.8 Å². The number of fused-ring (bicyclic) bond motifs is 2. The van der Waals surface area contributed by atoms with Gasteiger partial charge in [0.2, 0.25) is 5.91 Å². The van der Waals surface area contributed by atoms with Crippen molar-refractivity contribution in [3.8, 4) is 0 Å². The Morgan fingerprint density at radius 1 is 1.24 bits per heavy atom. The molecular formula is C18H26N6O. The van der Waals surface area contributed by atoms with Crippen LogP contribution >= 0.6 is 0 Å². The molecule has 2 aliphatic heterocycles. The van der Waals surface area contributed by atoms with Crippen molar-refractivity contribution >= 4 is 11.7 Å². The van der Waals surface area contributed by atoms with Crippen molar-refractivity contribution in [1.82, 2.24) is 29.4 Å². The number of hydrogen-bond donors (Lipinski definition) is 0. The lowest BCUT2D eigenvalue weighted by Crippen LogP contribution is -2.56. The predicted molar refractivity (Wildman–Crippen MR) is 94.4 cm³/mol. The Morgan fingerprint density at radius 3 is 3.00 bits per heavy atom. The Kier molecular flexibility index (Phi) is 4.41. The highest BCUT2D eigenvalue weighted by Gasteiger charge is 2.30. The van der Waals surface area contributed by atoms with Gasteiger partial charge in [0.25, 0.3) is 5.78 Å². The normalized spacial score (nSPS) is 21.5. The molecule has 7 heteroatoms. The molecule has 1 unspecified atom stereocenters. The number of aryl methyl sites for hydroxylation is 2. The van der Waals surface area contributed by atoms with Crippen LogP contribution in [-0.2, 0) is 11.2 Å². The molecule has 0 aromatic carbocycles. The first-order chi connectivity index (χ1) is 12.1. The van der Waals surface area contributed by atoms with Crippen LogP contribution in [-0.4, -0.2) is 67.5 Å². The Labute approximate surface area is 148 Å². The number of hydrogen-bond acceptors (Lipinski definition) is 5. The van der Waals surface area contributed by atoms with Gasteiger partial charge in [0.15, 0.2) is 0 Å². The Hall–Kier alpha value is -2.02. The van der Waals surface area contributed by atoms with Crippen molar-refractivity contribution in [3.05, 3.63) is 23.3 Å². The molecule has 1 amide bonds. The highest BCUT2D eigenvalue weighted by Crippen LogP contribution is 2.22. The van der Waals surface area contributed by atoms with E-state index in [4.69, 9.17) is 0 Å². The lowest BCUT2D eigenvalue weighted by atomic mass is 9.99. The maximum absolute atomic E-state index is 12.7. The lowest BCUT2D eigenvalue weighted by molar-refractivity contribution is -0.134. The van der Waals surface area contributed by atoms with E-state index in [1.807, 2.05) is 13.8 Å². The topological polar surface area (TPSA) is 66.6 Å². The summed E-state index contributed by atoms with van der Waals surface area (Å²) in [6, 6.07) is 0.572. The standard InChI is InChI=1S/C18H26N6O/c1-13-16(14(2)24-18(21-13)19-12-20-24)6-7-17(25)23-10-9-22-8-4-3-5-15(22)11-23/h12,15H,3-11H2,1-2H3. The second-order valence-corrected chi connectivity index (χ2v) is 7.26. The Bertz CT molecular complexity index is 785. The molecular weight excluding hydrogens is 316 g/mol. The van der Waals surface area contributed by atoms with Crippen LogP contribution in [0.15, 0.2) is 6.33 Å². The number of carbonyl (C=O) groups excluding carboxylic acids is 1. The number of piperazine rings is 1. The Balaban J connectivity index is 1.42. The van der Waals surface area contributed by atoms with Crippen LogP contribution in [0.5, 0.6) is 0 Å². The number of piperidine rings is 1. The minimum atomic E-state index is 0.266. The molecule has 2 aromatic heterocycles. The van der Waals surface area contributed by atoms with Gasteiger partial charge in [0.1, 0.15) is 6.33 Å². The molecule has 134 valence electrons. The number of nitrogens with zero attached hydrogens (tertiary/aromatic N) is 6. The van der Waals surface area contributed by atoms with Crippen LogP contribution in [0.25, 0.3) is 5.78 Å². The molecule has 2 saturated heterocycles. The van der Waals surface area contributed by atoms with Gasteiger partial charge < -0.3 is 4.90 Å². The highest BCUT2D eigenvalue weighted by molar-refractivity contribution is 5.76. The van der Waals surface area contributed by atoms with E-state index in [-0.39, 0.29) is 5.91 Å². The minimum Gasteiger partial charge on any atom is -0.340 e. The van der Waals surface area contributed by atoms with E-state index < -0.39 is 0 Å². The first-order valence-electron chi connectivity index (χ1n) is 9.31. The molecule has 4 heterocycles. The van der Waals surface area contributed by atoms with E-state index in [0.717, 1.165) is 36.6 Å². The van der Waals surface area contributed by atoms with Gasteiger partial charge in [-0.2, -0.15) is 10.1 Å². The smallest absolute Gasteiger partial charge is 0.252 e. The summed E-state index contributed by atoms with van der Waals surface area (Å²) in [5.74, 6) is 0.890. The molecule has 7 nitrogen and oxygen atoms in total. The fraction of sp³-hybridized carbons (Fsp3) is 0.667. The van der Waals surface area contributed by atoms with Crippen molar-refractivity contribution in [2.24, 2.45) is 0 Å². The fourth-order valence-electron chi connectivity index (χ4n) is 4.29. The predicted octanol–water partition coefficient (Wildman–Crippen LogP) is 1.37. The summed E-state index contributed by atoms with van der Waals surface area (Å²) in [6.07, 6.45) is 6.61. The molecule has 0 bridgehead atoms. The van der Waals surface area contributed by atoms with Crippen LogP contribution in [0.2, 0.25) is 0 Å². The molecule has 4 rings (SSSR count). The van der Waals surface area contributed by atoms with E-state index in [9.17, 15) is 4.79 Å². The van der Waals surface area contributed by atoms with Gasteiger partial charge in [0, 0.05) is 43.5 Å². The first kappa shape index (κ1) is 16.4. The van der Waals surface area contributed by atoms with Crippen molar-refractivity contribution in [2.45, 2.75) is 52.0 Å². The summed E-state index contributed by atoms with van der Waals surface area (Å²) < 4.78 is 1.76.